The van der Waals surface area contributed by atoms with Crippen molar-refractivity contribution in [3.8, 4) is 5.75 Å². The second kappa shape index (κ2) is 11.9. The topological polar surface area (TPSA) is 82.0 Å². The highest BCUT2D eigenvalue weighted by Crippen LogP contribution is 2.29. The number of esters is 1. The molecule has 36 heavy (non-hydrogen) atoms. The quantitative estimate of drug-likeness (QED) is 0.456. The van der Waals surface area contributed by atoms with Crippen molar-refractivity contribution in [2.24, 2.45) is 0 Å². The molecule has 1 aromatic heterocycles. The Morgan fingerprint density at radius 3 is 2.58 bits per heavy atom. The molecule has 0 unspecified atom stereocenters. The molecule has 0 saturated carbocycles. The van der Waals surface area contributed by atoms with E-state index in [0.29, 0.717) is 50.6 Å². The van der Waals surface area contributed by atoms with Gasteiger partial charge in [0.05, 0.1) is 33.0 Å². The third-order valence-corrected chi connectivity index (χ3v) is 6.57. The third kappa shape index (κ3) is 5.82. The van der Waals surface area contributed by atoms with Crippen LogP contribution in [0.2, 0.25) is 0 Å². The van der Waals surface area contributed by atoms with Gasteiger partial charge in [-0.1, -0.05) is 19.1 Å². The molecular formula is C28H35N3O5. The lowest BCUT2D eigenvalue weighted by molar-refractivity contribution is 0.0533. The summed E-state index contributed by atoms with van der Waals surface area (Å²) in [5.74, 6) is 0.279. The largest absolute Gasteiger partial charge is 0.496 e. The molecule has 3 aromatic rings. The lowest BCUT2D eigenvalue weighted by Gasteiger charge is -2.26. The normalized spacial score (nSPS) is 13.6. The Balaban J connectivity index is 1.54. The lowest BCUT2D eigenvalue weighted by Crippen LogP contribution is -2.46. The molecule has 1 aliphatic heterocycles. The van der Waals surface area contributed by atoms with Gasteiger partial charge in [0.1, 0.15) is 5.75 Å². The van der Waals surface area contributed by atoms with Crippen LogP contribution in [0, 0.1) is 0 Å². The predicted molar refractivity (Wildman–Crippen MR) is 139 cm³/mol. The maximum Gasteiger partial charge on any atom is 0.337 e. The molecule has 0 atom stereocenters. The fraction of sp³-hybridized carbons (Fsp3) is 0.429. The highest BCUT2D eigenvalue weighted by atomic mass is 16.5. The molecule has 2 amide bonds. The maximum absolute atomic E-state index is 12.4. The number of nitrogens with one attached hydrogen (secondary N) is 1. The molecule has 4 rings (SSSR count). The Morgan fingerprint density at radius 1 is 1.06 bits per heavy atom. The number of rotatable bonds is 9. The van der Waals surface area contributed by atoms with Gasteiger partial charge >= 0.3 is 12.0 Å². The van der Waals surface area contributed by atoms with Crippen molar-refractivity contribution < 1.29 is 23.8 Å². The number of hydrogen-bond acceptors (Lipinski definition) is 5. The van der Waals surface area contributed by atoms with E-state index in [1.165, 1.54) is 29.1 Å². The molecule has 0 radical (unpaired) electrons. The second-order valence-electron chi connectivity index (χ2n) is 8.98. The summed E-state index contributed by atoms with van der Waals surface area (Å²) in [6.07, 6.45) is 4.68. The first-order valence-electron chi connectivity index (χ1n) is 12.5. The van der Waals surface area contributed by atoms with Crippen LogP contribution in [0.4, 0.5) is 4.79 Å². The highest BCUT2D eigenvalue weighted by molar-refractivity contribution is 5.90. The van der Waals surface area contributed by atoms with Crippen molar-refractivity contribution >= 4 is 22.9 Å². The van der Waals surface area contributed by atoms with Crippen molar-refractivity contribution in [1.82, 2.24) is 14.8 Å². The number of hydrogen-bond donors (Lipinski definition) is 1. The predicted octanol–water partition coefficient (Wildman–Crippen LogP) is 4.02. The Labute approximate surface area is 212 Å². The van der Waals surface area contributed by atoms with Gasteiger partial charge in [-0.25, -0.2) is 9.59 Å². The first-order valence-corrected chi connectivity index (χ1v) is 12.5. The second-order valence-corrected chi connectivity index (χ2v) is 8.98. The molecule has 0 aliphatic carbocycles. The smallest absolute Gasteiger partial charge is 0.337 e. The van der Waals surface area contributed by atoms with Gasteiger partial charge in [-0.2, -0.15) is 0 Å². The minimum Gasteiger partial charge on any atom is -0.496 e. The van der Waals surface area contributed by atoms with Gasteiger partial charge in [-0.15, -0.1) is 0 Å². The van der Waals surface area contributed by atoms with E-state index in [4.69, 9.17) is 14.2 Å². The summed E-state index contributed by atoms with van der Waals surface area (Å²) < 4.78 is 18.1. The number of ether oxygens (including phenoxy) is 3. The van der Waals surface area contributed by atoms with Gasteiger partial charge in [-0.05, 0) is 53.8 Å². The Bertz CT molecular complexity index is 1210. The molecule has 2 heterocycles. The van der Waals surface area contributed by atoms with Gasteiger partial charge in [0.15, 0.2) is 0 Å². The van der Waals surface area contributed by atoms with Crippen LogP contribution in [0.25, 0.3) is 10.9 Å². The molecule has 1 fully saturated rings. The molecule has 1 saturated heterocycles. The van der Waals surface area contributed by atoms with E-state index in [2.05, 4.69) is 41.2 Å². The van der Waals surface area contributed by atoms with E-state index in [9.17, 15) is 9.59 Å². The molecule has 0 spiro atoms. The number of carbonyl (C=O) groups excluding carboxylic acids is 2. The van der Waals surface area contributed by atoms with E-state index < -0.39 is 0 Å². The van der Waals surface area contributed by atoms with Gasteiger partial charge in [-0.3, -0.25) is 0 Å². The van der Waals surface area contributed by atoms with Crippen LogP contribution in [0.1, 0.15) is 40.4 Å². The number of urea groups is 1. The number of aromatic nitrogens is 1. The van der Waals surface area contributed by atoms with Crippen LogP contribution < -0.4 is 10.1 Å². The standard InChI is InChI=1S/C28H35N3O5/c1-4-11-31-19-23(17-21-6-7-22(27(32)35-3)18-26(21)34-2)24-16-20(5-8-25(24)31)9-10-29-28(33)30-12-14-36-15-13-30/h5-8,16,18-19H,4,9-15,17H2,1-3H3,(H,29,33). The minimum atomic E-state index is -0.384. The minimum absolute atomic E-state index is 0.0309. The Morgan fingerprint density at radius 2 is 1.86 bits per heavy atom. The van der Waals surface area contributed by atoms with E-state index in [1.807, 2.05) is 6.07 Å². The Hall–Kier alpha value is -3.52. The van der Waals surface area contributed by atoms with Crippen molar-refractivity contribution in [3.05, 3.63) is 64.8 Å². The van der Waals surface area contributed by atoms with Crippen molar-refractivity contribution in [2.75, 3.05) is 47.1 Å². The summed E-state index contributed by atoms with van der Waals surface area (Å²) in [6.45, 7) is 6.15. The summed E-state index contributed by atoms with van der Waals surface area (Å²) in [4.78, 5) is 26.1. The summed E-state index contributed by atoms with van der Waals surface area (Å²) in [6, 6.07) is 11.9. The van der Waals surface area contributed by atoms with E-state index >= 15 is 0 Å². The summed E-state index contributed by atoms with van der Waals surface area (Å²) in [7, 11) is 2.99. The average Bonchev–Trinajstić information content (AvgIpc) is 3.25. The van der Waals surface area contributed by atoms with Gasteiger partial charge in [0.25, 0.3) is 0 Å². The molecule has 192 valence electrons. The van der Waals surface area contributed by atoms with Crippen molar-refractivity contribution in [1.29, 1.82) is 0 Å². The van der Waals surface area contributed by atoms with Gasteiger partial charge in [0, 0.05) is 49.7 Å². The zero-order valence-electron chi connectivity index (χ0n) is 21.3. The number of benzene rings is 2. The van der Waals surface area contributed by atoms with Crippen LogP contribution in [-0.2, 0) is 28.9 Å². The molecule has 8 nitrogen and oxygen atoms in total. The van der Waals surface area contributed by atoms with Crippen LogP contribution in [0.15, 0.2) is 42.6 Å². The number of morpholine rings is 1. The zero-order chi connectivity index (χ0) is 25.5. The van der Waals surface area contributed by atoms with Gasteiger partial charge < -0.3 is 29.0 Å². The zero-order valence-corrected chi connectivity index (χ0v) is 21.3. The number of methoxy groups -OCH3 is 2. The lowest BCUT2D eigenvalue weighted by atomic mass is 10.00. The van der Waals surface area contributed by atoms with Crippen LogP contribution in [0.5, 0.6) is 5.75 Å². The third-order valence-electron chi connectivity index (χ3n) is 6.57. The van der Waals surface area contributed by atoms with Crippen molar-refractivity contribution in [3.63, 3.8) is 0 Å². The fourth-order valence-electron chi connectivity index (χ4n) is 4.67. The molecule has 1 N–H and O–H groups in total. The maximum atomic E-state index is 12.4. The number of fused-ring (bicyclic) bond motifs is 1. The van der Waals surface area contributed by atoms with Gasteiger partial charge in [0.2, 0.25) is 0 Å². The first kappa shape index (κ1) is 25.6. The molecule has 2 aromatic carbocycles. The SMILES string of the molecule is CCCn1cc(Cc2ccc(C(=O)OC)cc2OC)c2cc(CCNC(=O)N3CCOCC3)ccc21. The molecular weight excluding hydrogens is 458 g/mol. The van der Waals surface area contributed by atoms with Crippen LogP contribution in [-0.4, -0.2) is 68.5 Å². The van der Waals surface area contributed by atoms with E-state index in [0.717, 1.165) is 24.9 Å². The number of nitrogens with zero attached hydrogens (tertiary/aromatic N) is 2. The average molecular weight is 494 g/mol. The van der Waals surface area contributed by atoms with E-state index in [-0.39, 0.29) is 12.0 Å². The molecule has 8 heteroatoms. The number of amides is 2. The molecule has 0 bridgehead atoms. The Kier molecular flexibility index (Phi) is 8.48. The van der Waals surface area contributed by atoms with Crippen molar-refractivity contribution in [2.45, 2.75) is 32.7 Å². The van der Waals surface area contributed by atoms with E-state index in [1.54, 1.807) is 24.1 Å². The fourth-order valence-corrected chi connectivity index (χ4v) is 4.67. The summed E-state index contributed by atoms with van der Waals surface area (Å²) >= 11 is 0. The summed E-state index contributed by atoms with van der Waals surface area (Å²) in [5.41, 5.74) is 5.03. The highest BCUT2D eigenvalue weighted by Gasteiger charge is 2.17. The molecule has 1 aliphatic rings. The van der Waals surface area contributed by atoms with Crippen LogP contribution >= 0.6 is 0 Å². The number of carbonyl (C=O) groups is 2. The monoisotopic (exact) mass is 493 g/mol. The summed E-state index contributed by atoms with van der Waals surface area (Å²) in [5, 5.41) is 4.23. The number of aryl methyl sites for hydroxylation is 1. The first-order chi connectivity index (χ1) is 17.5. The van der Waals surface area contributed by atoms with Crippen LogP contribution in [0.3, 0.4) is 0 Å².